The number of para-hydroxylation sites is 1. The molecule has 0 radical (unpaired) electrons. The van der Waals surface area contributed by atoms with Crippen molar-refractivity contribution in [3.8, 4) is 0 Å². The van der Waals surface area contributed by atoms with Crippen LogP contribution in [-0.2, 0) is 17.9 Å². The molecule has 1 aliphatic heterocycles. The van der Waals surface area contributed by atoms with Crippen LogP contribution in [0.5, 0.6) is 0 Å². The summed E-state index contributed by atoms with van der Waals surface area (Å²) in [6, 6.07) is 9.82. The average Bonchev–Trinajstić information content (AvgIpc) is 3.26. The van der Waals surface area contributed by atoms with Crippen molar-refractivity contribution < 1.29 is 4.79 Å². The number of carbonyl (C=O) groups excluding carboxylic acids is 1. The number of benzene rings is 1. The monoisotopic (exact) mass is 382 g/mol. The molecule has 2 aromatic rings. The summed E-state index contributed by atoms with van der Waals surface area (Å²) in [5.41, 5.74) is 0.939. The van der Waals surface area contributed by atoms with Crippen LogP contribution in [0.3, 0.4) is 0 Å². The lowest BCUT2D eigenvalue weighted by atomic mass is 10.2. The van der Waals surface area contributed by atoms with E-state index in [4.69, 9.17) is 4.99 Å². The lowest BCUT2D eigenvalue weighted by Gasteiger charge is -2.19. The molecule has 3 rings (SSSR count). The number of hydrogen-bond acceptors (Lipinski definition) is 3. The van der Waals surface area contributed by atoms with E-state index in [0.29, 0.717) is 31.4 Å². The fourth-order valence-corrected chi connectivity index (χ4v) is 3.38. The van der Waals surface area contributed by atoms with Gasteiger partial charge < -0.3 is 20.1 Å². The minimum absolute atomic E-state index is 0.0286. The lowest BCUT2D eigenvalue weighted by molar-refractivity contribution is -0.117. The van der Waals surface area contributed by atoms with E-state index < -0.39 is 0 Å². The van der Waals surface area contributed by atoms with E-state index in [9.17, 15) is 4.79 Å². The zero-order valence-corrected chi connectivity index (χ0v) is 16.9. The van der Waals surface area contributed by atoms with Gasteiger partial charge in [0.05, 0.1) is 6.04 Å². The van der Waals surface area contributed by atoms with Crippen molar-refractivity contribution in [3.05, 3.63) is 48.5 Å². The van der Waals surface area contributed by atoms with E-state index >= 15 is 0 Å². The van der Waals surface area contributed by atoms with Gasteiger partial charge in [0.1, 0.15) is 12.4 Å². The van der Waals surface area contributed by atoms with Crippen LogP contribution in [-0.4, -0.2) is 40.5 Å². The van der Waals surface area contributed by atoms with Crippen molar-refractivity contribution >= 4 is 17.6 Å². The van der Waals surface area contributed by atoms with E-state index in [1.165, 1.54) is 0 Å². The summed E-state index contributed by atoms with van der Waals surface area (Å²) in [4.78, 5) is 23.4. The molecule has 1 atom stereocenters. The zero-order valence-electron chi connectivity index (χ0n) is 16.9. The Bertz CT molecular complexity index is 798. The van der Waals surface area contributed by atoms with E-state index in [-0.39, 0.29) is 11.9 Å². The Hall–Kier alpha value is -2.83. The van der Waals surface area contributed by atoms with Gasteiger partial charge in [-0.3, -0.25) is 4.79 Å². The topological polar surface area (TPSA) is 74.5 Å². The lowest BCUT2D eigenvalue weighted by Crippen LogP contribution is -2.44. The smallest absolute Gasteiger partial charge is 0.229 e. The number of nitrogens with one attached hydrogen (secondary N) is 2. The van der Waals surface area contributed by atoms with Gasteiger partial charge in [-0.05, 0) is 25.0 Å². The number of imidazole rings is 1. The van der Waals surface area contributed by atoms with Crippen LogP contribution in [0.15, 0.2) is 47.7 Å². The summed E-state index contributed by atoms with van der Waals surface area (Å²) in [7, 11) is 0. The molecule has 1 aromatic carbocycles. The maximum atomic E-state index is 12.4. The van der Waals surface area contributed by atoms with Crippen molar-refractivity contribution in [1.82, 2.24) is 20.2 Å². The van der Waals surface area contributed by atoms with E-state index in [0.717, 1.165) is 24.6 Å². The molecule has 1 fully saturated rings. The molecule has 7 nitrogen and oxygen atoms in total. The normalized spacial score (nSPS) is 17.4. The fraction of sp³-hybridized carbons (Fsp3) is 0.476. The van der Waals surface area contributed by atoms with E-state index in [1.807, 2.05) is 54.5 Å². The minimum Gasteiger partial charge on any atom is -0.357 e. The van der Waals surface area contributed by atoms with Gasteiger partial charge in [-0.15, -0.1) is 0 Å². The first kappa shape index (κ1) is 19.9. The zero-order chi connectivity index (χ0) is 19.9. The van der Waals surface area contributed by atoms with Crippen molar-refractivity contribution in [1.29, 1.82) is 0 Å². The maximum Gasteiger partial charge on any atom is 0.229 e. The summed E-state index contributed by atoms with van der Waals surface area (Å²) in [6.45, 7) is 9.23. The molecule has 1 saturated heterocycles. The highest BCUT2D eigenvalue weighted by Crippen LogP contribution is 2.21. The first-order valence-electron chi connectivity index (χ1n) is 9.97. The number of rotatable bonds is 7. The summed E-state index contributed by atoms with van der Waals surface area (Å²) < 4.78 is 2.15. The summed E-state index contributed by atoms with van der Waals surface area (Å²) >= 11 is 0. The number of anilines is 1. The number of aromatic nitrogens is 2. The average molecular weight is 383 g/mol. The first-order valence-corrected chi connectivity index (χ1v) is 9.97. The molecular weight excluding hydrogens is 352 g/mol. The molecule has 1 aromatic heterocycles. The number of carbonyl (C=O) groups is 1. The Morgan fingerprint density at radius 2 is 2.11 bits per heavy atom. The van der Waals surface area contributed by atoms with E-state index in [2.05, 4.69) is 34.0 Å². The molecular formula is C21H30N6O. The van der Waals surface area contributed by atoms with Gasteiger partial charge in [0.15, 0.2) is 5.96 Å². The number of aliphatic imine (C=N–C) groups is 1. The third-order valence-electron chi connectivity index (χ3n) is 4.62. The van der Waals surface area contributed by atoms with Crippen molar-refractivity contribution in [3.63, 3.8) is 0 Å². The van der Waals surface area contributed by atoms with Crippen LogP contribution in [0.4, 0.5) is 5.69 Å². The second-order valence-electron chi connectivity index (χ2n) is 7.47. The fourth-order valence-electron chi connectivity index (χ4n) is 3.38. The summed E-state index contributed by atoms with van der Waals surface area (Å²) in [5, 5.41) is 6.68. The standard InChI is InChI=1S/C21H30N6O/c1-4-22-21(24-13-19-23-10-11-26(19)14-16(2)3)25-17-12-20(28)27(15-17)18-8-6-5-7-9-18/h5-11,16-17H,4,12-15H2,1-3H3,(H2,22,24,25). The second kappa shape index (κ2) is 9.39. The van der Waals surface area contributed by atoms with Crippen LogP contribution < -0.4 is 15.5 Å². The van der Waals surface area contributed by atoms with Crippen molar-refractivity contribution in [2.24, 2.45) is 10.9 Å². The van der Waals surface area contributed by atoms with Crippen molar-refractivity contribution in [2.45, 2.75) is 46.3 Å². The van der Waals surface area contributed by atoms with Gasteiger partial charge in [0, 0.05) is 44.1 Å². The SMILES string of the molecule is CCNC(=NCc1nccn1CC(C)C)NC1CC(=O)N(c2ccccc2)C1. The van der Waals surface area contributed by atoms with Crippen LogP contribution in [0.1, 0.15) is 33.0 Å². The van der Waals surface area contributed by atoms with Gasteiger partial charge >= 0.3 is 0 Å². The molecule has 7 heteroatoms. The molecule has 2 N–H and O–H groups in total. The Kier molecular flexibility index (Phi) is 6.68. The quantitative estimate of drug-likeness (QED) is 0.570. The highest BCUT2D eigenvalue weighted by molar-refractivity contribution is 5.97. The molecule has 0 saturated carbocycles. The van der Waals surface area contributed by atoms with Crippen LogP contribution in [0.2, 0.25) is 0 Å². The predicted octanol–water partition coefficient (Wildman–Crippen LogP) is 2.40. The van der Waals surface area contributed by atoms with Crippen LogP contribution in [0, 0.1) is 5.92 Å². The Morgan fingerprint density at radius 1 is 1.32 bits per heavy atom. The third-order valence-corrected chi connectivity index (χ3v) is 4.62. The number of guanidine groups is 1. The van der Waals surface area contributed by atoms with Gasteiger partial charge in [-0.1, -0.05) is 32.0 Å². The molecule has 2 heterocycles. The molecule has 1 amide bonds. The Balaban J connectivity index is 1.64. The highest BCUT2D eigenvalue weighted by atomic mass is 16.2. The maximum absolute atomic E-state index is 12.4. The largest absolute Gasteiger partial charge is 0.357 e. The molecule has 150 valence electrons. The van der Waals surface area contributed by atoms with Gasteiger partial charge in [0.25, 0.3) is 0 Å². The number of hydrogen-bond donors (Lipinski definition) is 2. The van der Waals surface area contributed by atoms with Gasteiger partial charge in [-0.2, -0.15) is 0 Å². The molecule has 0 spiro atoms. The first-order chi connectivity index (χ1) is 13.6. The predicted molar refractivity (Wildman–Crippen MR) is 112 cm³/mol. The molecule has 1 aliphatic rings. The van der Waals surface area contributed by atoms with E-state index in [1.54, 1.807) is 0 Å². The van der Waals surface area contributed by atoms with Crippen LogP contribution in [0.25, 0.3) is 0 Å². The molecule has 0 aliphatic carbocycles. The summed E-state index contributed by atoms with van der Waals surface area (Å²) in [6.07, 6.45) is 4.28. The van der Waals surface area contributed by atoms with Crippen LogP contribution >= 0.6 is 0 Å². The molecule has 28 heavy (non-hydrogen) atoms. The second-order valence-corrected chi connectivity index (χ2v) is 7.47. The number of amides is 1. The number of nitrogens with zero attached hydrogens (tertiary/aromatic N) is 4. The minimum atomic E-state index is 0.0286. The van der Waals surface area contributed by atoms with Gasteiger partial charge in [0.2, 0.25) is 5.91 Å². The summed E-state index contributed by atoms with van der Waals surface area (Å²) in [5.74, 6) is 2.34. The highest BCUT2D eigenvalue weighted by Gasteiger charge is 2.31. The van der Waals surface area contributed by atoms with Gasteiger partial charge in [-0.25, -0.2) is 9.98 Å². The molecule has 1 unspecified atom stereocenters. The Labute approximate surface area is 166 Å². The third kappa shape index (κ3) is 5.12. The Morgan fingerprint density at radius 3 is 2.82 bits per heavy atom. The van der Waals surface area contributed by atoms with Crippen molar-refractivity contribution in [2.75, 3.05) is 18.0 Å². The molecule has 0 bridgehead atoms.